The van der Waals surface area contributed by atoms with E-state index in [0.717, 1.165) is 0 Å². The summed E-state index contributed by atoms with van der Waals surface area (Å²) in [6.45, 7) is 7.56. The second-order valence-electron chi connectivity index (χ2n) is 4.27. The van der Waals surface area contributed by atoms with Crippen molar-refractivity contribution in [2.24, 2.45) is 10.7 Å². The zero-order chi connectivity index (χ0) is 13.6. The summed E-state index contributed by atoms with van der Waals surface area (Å²) in [6.07, 6.45) is 1.50. The van der Waals surface area contributed by atoms with Gasteiger partial charge in [0.2, 0.25) is 0 Å². The van der Waals surface area contributed by atoms with E-state index in [-0.39, 0.29) is 48.1 Å². The standard InChI is InChI=1S/C11H21N3O3S.HI/c1-3-7-18(15,16)8-4-13-11(12)14-5-6-17-10(2)9-14;/h3,10H,1,4-9H2,2H3,(H2,12,13);1H. The van der Waals surface area contributed by atoms with E-state index in [0.29, 0.717) is 25.7 Å². The molecule has 0 bridgehead atoms. The number of morpholine rings is 1. The Balaban J connectivity index is 0.00000324. The fraction of sp³-hybridized carbons (Fsp3) is 0.727. The summed E-state index contributed by atoms with van der Waals surface area (Å²) in [5.41, 5.74) is 5.82. The first-order valence-electron chi connectivity index (χ1n) is 5.92. The number of nitrogens with two attached hydrogens (primary N) is 1. The highest BCUT2D eigenvalue weighted by Gasteiger charge is 2.18. The molecule has 8 heteroatoms. The molecule has 2 N–H and O–H groups in total. The molecule has 112 valence electrons. The van der Waals surface area contributed by atoms with Gasteiger partial charge < -0.3 is 15.4 Å². The van der Waals surface area contributed by atoms with Crippen LogP contribution in [0.3, 0.4) is 0 Å². The van der Waals surface area contributed by atoms with E-state index in [1.54, 1.807) is 0 Å². The first kappa shape index (κ1) is 18.7. The van der Waals surface area contributed by atoms with Crippen molar-refractivity contribution in [1.29, 1.82) is 0 Å². The van der Waals surface area contributed by atoms with Gasteiger partial charge in [0.1, 0.15) is 0 Å². The Morgan fingerprint density at radius 1 is 1.63 bits per heavy atom. The predicted octanol–water partition coefficient (Wildman–Crippen LogP) is 0.241. The number of rotatable bonds is 5. The number of ether oxygens (including phenoxy) is 1. The topological polar surface area (TPSA) is 85.0 Å². The van der Waals surface area contributed by atoms with E-state index >= 15 is 0 Å². The highest BCUT2D eigenvalue weighted by Crippen LogP contribution is 2.03. The van der Waals surface area contributed by atoms with Crippen molar-refractivity contribution in [3.05, 3.63) is 12.7 Å². The van der Waals surface area contributed by atoms with Gasteiger partial charge in [-0.15, -0.1) is 30.6 Å². The second-order valence-corrected chi connectivity index (χ2v) is 6.50. The first-order valence-corrected chi connectivity index (χ1v) is 7.74. The van der Waals surface area contributed by atoms with E-state index in [1.807, 2.05) is 11.8 Å². The molecule has 0 spiro atoms. The summed E-state index contributed by atoms with van der Waals surface area (Å²) in [4.78, 5) is 6.01. The minimum absolute atomic E-state index is 0. The van der Waals surface area contributed by atoms with E-state index in [9.17, 15) is 8.42 Å². The Bertz CT molecular complexity index is 411. The predicted molar refractivity (Wildman–Crippen MR) is 87.7 cm³/mol. The Morgan fingerprint density at radius 3 is 2.89 bits per heavy atom. The number of hydrogen-bond acceptors (Lipinski definition) is 4. The quantitative estimate of drug-likeness (QED) is 0.308. The van der Waals surface area contributed by atoms with Gasteiger partial charge in [-0.2, -0.15) is 0 Å². The van der Waals surface area contributed by atoms with Crippen LogP contribution in [0.2, 0.25) is 0 Å². The van der Waals surface area contributed by atoms with Crippen LogP contribution in [0, 0.1) is 0 Å². The summed E-state index contributed by atoms with van der Waals surface area (Å²) in [5, 5.41) is 0. The Kier molecular flexibility index (Phi) is 8.59. The summed E-state index contributed by atoms with van der Waals surface area (Å²) in [6, 6.07) is 0. The number of sulfone groups is 1. The molecule has 19 heavy (non-hydrogen) atoms. The van der Waals surface area contributed by atoms with Crippen LogP contribution in [-0.4, -0.2) is 63.1 Å². The van der Waals surface area contributed by atoms with Crippen LogP contribution in [0.5, 0.6) is 0 Å². The average molecular weight is 403 g/mol. The largest absolute Gasteiger partial charge is 0.375 e. The van der Waals surface area contributed by atoms with Crippen molar-refractivity contribution in [2.45, 2.75) is 13.0 Å². The van der Waals surface area contributed by atoms with Gasteiger partial charge in [-0.05, 0) is 6.92 Å². The van der Waals surface area contributed by atoms with E-state index in [2.05, 4.69) is 11.6 Å². The van der Waals surface area contributed by atoms with Gasteiger partial charge in [-0.3, -0.25) is 4.99 Å². The molecule has 1 unspecified atom stereocenters. The van der Waals surface area contributed by atoms with Gasteiger partial charge in [0.25, 0.3) is 0 Å². The lowest BCUT2D eigenvalue weighted by atomic mass is 10.3. The molecule has 1 rings (SSSR count). The third kappa shape index (κ3) is 7.11. The van der Waals surface area contributed by atoms with Crippen LogP contribution in [-0.2, 0) is 14.6 Å². The molecule has 0 aromatic carbocycles. The van der Waals surface area contributed by atoms with Crippen molar-refractivity contribution in [3.8, 4) is 0 Å². The Labute approximate surface area is 132 Å². The molecule has 1 atom stereocenters. The van der Waals surface area contributed by atoms with Crippen molar-refractivity contribution in [2.75, 3.05) is 37.7 Å². The first-order chi connectivity index (χ1) is 8.44. The highest BCUT2D eigenvalue weighted by atomic mass is 127. The van der Waals surface area contributed by atoms with Crippen molar-refractivity contribution >= 4 is 39.8 Å². The van der Waals surface area contributed by atoms with Gasteiger partial charge in [-0.1, -0.05) is 6.08 Å². The van der Waals surface area contributed by atoms with E-state index in [1.165, 1.54) is 6.08 Å². The maximum absolute atomic E-state index is 11.4. The number of halogens is 1. The number of aliphatic imine (C=N–C) groups is 1. The van der Waals surface area contributed by atoms with Crippen molar-refractivity contribution < 1.29 is 13.2 Å². The number of hydrogen-bond donors (Lipinski definition) is 1. The van der Waals surface area contributed by atoms with Gasteiger partial charge in [0.05, 0.1) is 30.8 Å². The Morgan fingerprint density at radius 2 is 2.32 bits per heavy atom. The fourth-order valence-electron chi connectivity index (χ4n) is 1.69. The fourth-order valence-corrected chi connectivity index (χ4v) is 2.58. The van der Waals surface area contributed by atoms with Crippen LogP contribution < -0.4 is 5.73 Å². The molecule has 1 aliphatic rings. The van der Waals surface area contributed by atoms with Gasteiger partial charge in [-0.25, -0.2) is 8.42 Å². The molecule has 1 aliphatic heterocycles. The molecular formula is C11H22IN3O3S. The summed E-state index contributed by atoms with van der Waals surface area (Å²) in [7, 11) is -3.09. The molecule has 1 heterocycles. The summed E-state index contributed by atoms with van der Waals surface area (Å²) < 4.78 is 28.2. The lowest BCUT2D eigenvalue weighted by Gasteiger charge is -2.31. The molecule has 0 amide bonds. The average Bonchev–Trinajstić information content (AvgIpc) is 2.28. The minimum Gasteiger partial charge on any atom is -0.375 e. The van der Waals surface area contributed by atoms with Crippen LogP contribution in [0.1, 0.15) is 6.92 Å². The SMILES string of the molecule is C=CCS(=O)(=O)CCN=C(N)N1CCOC(C)C1.I. The highest BCUT2D eigenvalue weighted by molar-refractivity contribution is 14.0. The van der Waals surface area contributed by atoms with Crippen LogP contribution >= 0.6 is 24.0 Å². The lowest BCUT2D eigenvalue weighted by Crippen LogP contribution is -2.48. The molecule has 1 saturated heterocycles. The molecule has 0 aromatic rings. The molecule has 6 nitrogen and oxygen atoms in total. The zero-order valence-electron chi connectivity index (χ0n) is 11.1. The zero-order valence-corrected chi connectivity index (χ0v) is 14.3. The van der Waals surface area contributed by atoms with Crippen LogP contribution in [0.25, 0.3) is 0 Å². The second kappa shape index (κ2) is 8.75. The smallest absolute Gasteiger partial charge is 0.191 e. The molecule has 0 radical (unpaired) electrons. The summed E-state index contributed by atoms with van der Waals surface area (Å²) in [5.74, 6) is 0.371. The third-order valence-corrected chi connectivity index (χ3v) is 4.16. The normalized spacial score (nSPS) is 20.8. The molecule has 0 aliphatic carbocycles. The number of guanidine groups is 1. The summed E-state index contributed by atoms with van der Waals surface area (Å²) >= 11 is 0. The van der Waals surface area contributed by atoms with Gasteiger partial charge in [0, 0.05) is 13.1 Å². The minimum atomic E-state index is -3.09. The molecular weight excluding hydrogens is 381 g/mol. The van der Waals surface area contributed by atoms with E-state index in [4.69, 9.17) is 10.5 Å². The molecule has 0 saturated carbocycles. The lowest BCUT2D eigenvalue weighted by molar-refractivity contribution is 0.00531. The van der Waals surface area contributed by atoms with E-state index < -0.39 is 9.84 Å². The number of nitrogens with zero attached hydrogens (tertiary/aromatic N) is 2. The molecule has 1 fully saturated rings. The monoisotopic (exact) mass is 403 g/mol. The van der Waals surface area contributed by atoms with Crippen molar-refractivity contribution in [1.82, 2.24) is 4.90 Å². The maximum Gasteiger partial charge on any atom is 0.191 e. The third-order valence-electron chi connectivity index (χ3n) is 2.61. The van der Waals surface area contributed by atoms with Crippen molar-refractivity contribution in [3.63, 3.8) is 0 Å². The van der Waals surface area contributed by atoms with Gasteiger partial charge >= 0.3 is 0 Å². The van der Waals surface area contributed by atoms with Crippen LogP contribution in [0.15, 0.2) is 17.6 Å². The maximum atomic E-state index is 11.4. The van der Waals surface area contributed by atoms with Gasteiger partial charge in [0.15, 0.2) is 15.8 Å². The molecule has 0 aromatic heterocycles. The Hall–Kier alpha value is -0.350. The van der Waals surface area contributed by atoms with Crippen LogP contribution in [0.4, 0.5) is 0 Å².